The number of nitrogens with zero attached hydrogens (tertiary/aromatic N) is 1. The Morgan fingerprint density at radius 3 is 3.12 bits per heavy atom. The van der Waals surface area contributed by atoms with E-state index in [1.807, 2.05) is 6.92 Å². The van der Waals surface area contributed by atoms with Crippen LogP contribution >= 0.6 is 11.3 Å². The van der Waals surface area contributed by atoms with Gasteiger partial charge in [0.05, 0.1) is 6.20 Å². The van der Waals surface area contributed by atoms with Crippen molar-refractivity contribution >= 4 is 17.3 Å². The van der Waals surface area contributed by atoms with Crippen LogP contribution in [-0.2, 0) is 19.3 Å². The molecule has 0 fully saturated rings. The molecule has 0 aliphatic heterocycles. The second-order valence-corrected chi connectivity index (χ2v) is 5.15. The molecule has 0 bridgehead atoms. The number of fused-ring (bicyclic) bond motifs is 3. The molecule has 0 spiro atoms. The van der Waals surface area contributed by atoms with E-state index in [0.29, 0.717) is 4.88 Å². The summed E-state index contributed by atoms with van der Waals surface area (Å²) in [4.78, 5) is 12.8. The van der Waals surface area contributed by atoms with E-state index in [4.69, 9.17) is 4.52 Å². The van der Waals surface area contributed by atoms with Crippen molar-refractivity contribution in [1.29, 1.82) is 0 Å². The molecule has 0 saturated heterocycles. The first-order chi connectivity index (χ1) is 8.22. The number of carbonyl (C=O) groups is 1. The highest BCUT2D eigenvalue weighted by Gasteiger charge is 2.29. The second kappa shape index (κ2) is 3.70. The number of carboxylic acids is 1. The maximum atomic E-state index is 11.2. The Bertz CT molecular complexity index is 597. The minimum Gasteiger partial charge on any atom is -0.477 e. The van der Waals surface area contributed by atoms with Crippen molar-refractivity contribution in [2.45, 2.75) is 26.2 Å². The lowest BCUT2D eigenvalue weighted by Gasteiger charge is -2.11. The van der Waals surface area contributed by atoms with Gasteiger partial charge in [-0.05, 0) is 24.8 Å². The minimum atomic E-state index is -0.839. The smallest absolute Gasteiger partial charge is 0.346 e. The van der Waals surface area contributed by atoms with Gasteiger partial charge in [-0.15, -0.1) is 11.3 Å². The van der Waals surface area contributed by atoms with Crippen LogP contribution in [0.1, 0.15) is 32.6 Å². The topological polar surface area (TPSA) is 63.3 Å². The van der Waals surface area contributed by atoms with Crippen molar-refractivity contribution in [2.24, 2.45) is 0 Å². The molecule has 1 N–H and O–H groups in total. The SMILES string of the molecule is CCc1sc(C(=O)O)c2c1-c1oncc1CC2. The zero-order valence-electron chi connectivity index (χ0n) is 9.32. The summed E-state index contributed by atoms with van der Waals surface area (Å²) in [5.41, 5.74) is 2.99. The van der Waals surface area contributed by atoms with Gasteiger partial charge in [-0.1, -0.05) is 12.1 Å². The average molecular weight is 249 g/mol. The van der Waals surface area contributed by atoms with Gasteiger partial charge in [0.1, 0.15) is 4.88 Å². The van der Waals surface area contributed by atoms with Crippen molar-refractivity contribution in [3.8, 4) is 11.3 Å². The fourth-order valence-corrected chi connectivity index (χ4v) is 3.47. The molecule has 2 aromatic heterocycles. The highest BCUT2D eigenvalue weighted by molar-refractivity contribution is 7.14. The Hall–Kier alpha value is -1.62. The van der Waals surface area contributed by atoms with E-state index in [9.17, 15) is 9.90 Å². The minimum absolute atomic E-state index is 0.457. The fourth-order valence-electron chi connectivity index (χ4n) is 2.35. The lowest BCUT2D eigenvalue weighted by Crippen LogP contribution is -2.05. The van der Waals surface area contributed by atoms with Crippen molar-refractivity contribution in [3.63, 3.8) is 0 Å². The first-order valence-corrected chi connectivity index (χ1v) is 6.35. The van der Waals surface area contributed by atoms with Crippen LogP contribution in [-0.4, -0.2) is 16.2 Å². The number of aromatic carboxylic acids is 1. The largest absolute Gasteiger partial charge is 0.477 e. The molecule has 2 heterocycles. The van der Waals surface area contributed by atoms with Gasteiger partial charge in [-0.2, -0.15) is 0 Å². The normalized spacial score (nSPS) is 13.2. The van der Waals surface area contributed by atoms with Gasteiger partial charge in [0, 0.05) is 16.0 Å². The molecule has 3 rings (SSSR count). The molecule has 2 aromatic rings. The molecule has 0 atom stereocenters. The number of aryl methyl sites for hydroxylation is 2. The van der Waals surface area contributed by atoms with Crippen LogP contribution in [0.15, 0.2) is 10.7 Å². The summed E-state index contributed by atoms with van der Waals surface area (Å²) >= 11 is 1.36. The van der Waals surface area contributed by atoms with Crippen molar-refractivity contribution in [2.75, 3.05) is 0 Å². The zero-order chi connectivity index (χ0) is 12.0. The first kappa shape index (κ1) is 10.5. The quantitative estimate of drug-likeness (QED) is 0.888. The lowest BCUT2D eigenvalue weighted by molar-refractivity contribution is 0.0701. The van der Waals surface area contributed by atoms with Gasteiger partial charge < -0.3 is 9.63 Å². The van der Waals surface area contributed by atoms with E-state index in [0.717, 1.165) is 46.6 Å². The van der Waals surface area contributed by atoms with E-state index in [2.05, 4.69) is 5.16 Å². The van der Waals surface area contributed by atoms with Crippen LogP contribution in [0.4, 0.5) is 0 Å². The molecule has 1 aliphatic rings. The summed E-state index contributed by atoms with van der Waals surface area (Å²) in [5, 5.41) is 13.0. The van der Waals surface area contributed by atoms with Gasteiger partial charge >= 0.3 is 5.97 Å². The molecule has 17 heavy (non-hydrogen) atoms. The highest BCUT2D eigenvalue weighted by Crippen LogP contribution is 2.42. The Balaban J connectivity index is 2.29. The van der Waals surface area contributed by atoms with E-state index in [-0.39, 0.29) is 0 Å². The van der Waals surface area contributed by atoms with Crippen LogP contribution in [0, 0.1) is 0 Å². The summed E-state index contributed by atoms with van der Waals surface area (Å²) in [5.74, 6) is -0.0687. The number of hydrogen-bond acceptors (Lipinski definition) is 4. The van der Waals surface area contributed by atoms with Crippen LogP contribution in [0.25, 0.3) is 11.3 Å². The first-order valence-electron chi connectivity index (χ1n) is 5.54. The van der Waals surface area contributed by atoms with Crippen LogP contribution < -0.4 is 0 Å². The summed E-state index contributed by atoms with van der Waals surface area (Å²) in [7, 11) is 0. The maximum absolute atomic E-state index is 11.2. The Labute approximate surface area is 102 Å². The van der Waals surface area contributed by atoms with Crippen LogP contribution in [0.3, 0.4) is 0 Å². The summed E-state index contributed by atoms with van der Waals surface area (Å²) in [6, 6.07) is 0. The molecule has 1 aliphatic carbocycles. The lowest BCUT2D eigenvalue weighted by atomic mass is 9.91. The number of carboxylic acid groups (broad SMARTS) is 1. The van der Waals surface area contributed by atoms with Crippen molar-refractivity contribution in [3.05, 3.63) is 27.1 Å². The summed E-state index contributed by atoms with van der Waals surface area (Å²) < 4.78 is 5.28. The Morgan fingerprint density at radius 1 is 1.59 bits per heavy atom. The number of thiophene rings is 1. The van der Waals surface area contributed by atoms with Crippen molar-refractivity contribution < 1.29 is 14.4 Å². The second-order valence-electron chi connectivity index (χ2n) is 4.05. The molecule has 0 radical (unpaired) electrons. The van der Waals surface area contributed by atoms with Gasteiger partial charge in [0.2, 0.25) is 0 Å². The standard InChI is InChI=1S/C12H11NO3S/c1-2-8-9-7(11(17-8)12(14)15)4-3-6-5-13-16-10(6)9/h5H,2-4H2,1H3,(H,14,15). The van der Waals surface area contributed by atoms with E-state index >= 15 is 0 Å². The van der Waals surface area contributed by atoms with Crippen LogP contribution in [0.5, 0.6) is 0 Å². The summed E-state index contributed by atoms with van der Waals surface area (Å²) in [6.45, 7) is 2.03. The Morgan fingerprint density at radius 2 is 2.41 bits per heavy atom. The third-order valence-electron chi connectivity index (χ3n) is 3.11. The molecular weight excluding hydrogens is 238 g/mol. The average Bonchev–Trinajstić information content (AvgIpc) is 2.91. The summed E-state index contributed by atoms with van der Waals surface area (Å²) in [6.07, 6.45) is 4.13. The fraction of sp³-hybridized carbons (Fsp3) is 0.333. The molecule has 4 nitrogen and oxygen atoms in total. The molecule has 88 valence electrons. The molecule has 0 aromatic carbocycles. The molecule has 0 amide bonds. The monoisotopic (exact) mass is 249 g/mol. The van der Waals surface area contributed by atoms with Crippen LogP contribution in [0.2, 0.25) is 0 Å². The Kier molecular flexibility index (Phi) is 2.29. The van der Waals surface area contributed by atoms with Gasteiger partial charge in [0.25, 0.3) is 0 Å². The van der Waals surface area contributed by atoms with E-state index in [1.54, 1.807) is 6.20 Å². The van der Waals surface area contributed by atoms with Gasteiger partial charge in [-0.3, -0.25) is 0 Å². The third-order valence-corrected chi connectivity index (χ3v) is 4.48. The molecular formula is C12H11NO3S. The molecule has 0 unspecified atom stereocenters. The molecule has 0 saturated carbocycles. The zero-order valence-corrected chi connectivity index (χ0v) is 10.1. The van der Waals surface area contributed by atoms with Gasteiger partial charge in [0.15, 0.2) is 5.76 Å². The predicted octanol–water partition coefficient (Wildman–Crippen LogP) is 2.76. The molecule has 5 heteroatoms. The number of hydrogen-bond donors (Lipinski definition) is 1. The third kappa shape index (κ3) is 1.42. The highest BCUT2D eigenvalue weighted by atomic mass is 32.1. The van der Waals surface area contributed by atoms with E-state index < -0.39 is 5.97 Å². The number of rotatable bonds is 2. The van der Waals surface area contributed by atoms with Crippen molar-refractivity contribution in [1.82, 2.24) is 5.16 Å². The van der Waals surface area contributed by atoms with Gasteiger partial charge in [-0.25, -0.2) is 4.79 Å². The maximum Gasteiger partial charge on any atom is 0.346 e. The predicted molar refractivity (Wildman–Crippen MR) is 63.6 cm³/mol. The van der Waals surface area contributed by atoms with E-state index in [1.165, 1.54) is 11.3 Å². The number of aromatic nitrogens is 1.